The van der Waals surface area contributed by atoms with Crippen molar-refractivity contribution in [3.8, 4) is 5.75 Å². The molecule has 0 unspecified atom stereocenters. The van der Waals surface area contributed by atoms with Crippen LogP contribution in [-0.4, -0.2) is 97.8 Å². The van der Waals surface area contributed by atoms with Crippen LogP contribution in [0.4, 0.5) is 0 Å². The van der Waals surface area contributed by atoms with Gasteiger partial charge in [-0.3, -0.25) is 19.3 Å². The molecule has 1 saturated heterocycles. The van der Waals surface area contributed by atoms with Gasteiger partial charge in [-0.2, -0.15) is 0 Å². The molecule has 8 rings (SSSR count). The quantitative estimate of drug-likeness (QED) is 0.163. The van der Waals surface area contributed by atoms with E-state index in [1.807, 2.05) is 32.0 Å². The average molecular weight is 942 g/mol. The van der Waals surface area contributed by atoms with E-state index < -0.39 is 44.6 Å². The summed E-state index contributed by atoms with van der Waals surface area (Å²) >= 11 is 6.42. The number of aliphatic hydroxyl groups is 1. The lowest BCUT2D eigenvalue weighted by Crippen LogP contribution is -2.66. The van der Waals surface area contributed by atoms with Crippen molar-refractivity contribution in [3.05, 3.63) is 39.9 Å². The summed E-state index contributed by atoms with van der Waals surface area (Å²) in [6.07, 6.45) is 7.33. The van der Waals surface area contributed by atoms with Gasteiger partial charge in [-0.15, -0.1) is 0 Å². The number of Topliss-reactive ketones (excluding diaryl/α,β-unsaturated/α-hetero) is 1. The number of esters is 1. The molecule has 11 atom stereocenters. The number of carbonyl (C=O) groups is 3. The van der Waals surface area contributed by atoms with Crippen LogP contribution in [0.1, 0.15) is 132 Å². The zero-order valence-corrected chi connectivity index (χ0v) is 42.1. The van der Waals surface area contributed by atoms with E-state index in [4.69, 9.17) is 21.1 Å². The number of nitrogens with zero attached hydrogens (tertiary/aromatic N) is 1. The largest absolute Gasteiger partial charge is 0.492 e. The van der Waals surface area contributed by atoms with Crippen LogP contribution in [0.25, 0.3) is 0 Å². The van der Waals surface area contributed by atoms with Crippen LogP contribution in [0.2, 0.25) is 5.02 Å². The second-order valence-corrected chi connectivity index (χ2v) is 26.6. The van der Waals surface area contributed by atoms with Crippen molar-refractivity contribution < 1.29 is 42.5 Å². The number of halogens is 1. The van der Waals surface area contributed by atoms with E-state index in [1.54, 1.807) is 0 Å². The molecule has 6 aliphatic carbocycles. The number of hydrogen-bond donors (Lipinski definition) is 3. The maximum atomic E-state index is 14.3. The Morgan fingerprint density at radius 1 is 0.908 bits per heavy atom. The van der Waals surface area contributed by atoms with Crippen LogP contribution in [0.15, 0.2) is 29.3 Å². The molecule has 1 aromatic rings. The number of aliphatic carboxylic acids is 1. The number of carboxylic acid groups (broad SMARTS) is 1. The van der Waals surface area contributed by atoms with Gasteiger partial charge in [0, 0.05) is 60.6 Å². The highest BCUT2D eigenvalue weighted by Crippen LogP contribution is 2.77. The van der Waals surface area contributed by atoms with Crippen molar-refractivity contribution in [2.24, 2.45) is 68.0 Å². The van der Waals surface area contributed by atoms with E-state index in [2.05, 4.69) is 58.7 Å². The van der Waals surface area contributed by atoms with E-state index >= 15 is 0 Å². The number of carbonyl (C=O) groups excluding carboxylic acids is 2. The fourth-order valence-electron chi connectivity index (χ4n) is 15.8. The third kappa shape index (κ3) is 8.04. The fourth-order valence-corrected chi connectivity index (χ4v) is 17.3. The van der Waals surface area contributed by atoms with Gasteiger partial charge >= 0.3 is 11.9 Å². The highest BCUT2D eigenvalue weighted by atomic mass is 35.5. The van der Waals surface area contributed by atoms with Gasteiger partial charge in [0.1, 0.15) is 18.5 Å². The lowest BCUT2D eigenvalue weighted by atomic mass is 9.33. The van der Waals surface area contributed by atoms with Gasteiger partial charge in [0.15, 0.2) is 15.6 Å². The summed E-state index contributed by atoms with van der Waals surface area (Å²) in [5, 5.41) is 26.3. The van der Waals surface area contributed by atoms with Crippen LogP contribution in [0.3, 0.4) is 0 Å². The van der Waals surface area contributed by atoms with Crippen LogP contribution in [0.5, 0.6) is 5.75 Å². The van der Waals surface area contributed by atoms with Gasteiger partial charge in [0.05, 0.1) is 29.4 Å². The van der Waals surface area contributed by atoms with Gasteiger partial charge in [-0.25, -0.2) is 8.42 Å². The molecule has 362 valence electrons. The number of aliphatic hydroxyl groups excluding tert-OH is 1. The predicted octanol–water partition coefficient (Wildman–Crippen LogP) is 8.54. The number of benzene rings is 1. The molecule has 1 aliphatic heterocycles. The van der Waals surface area contributed by atoms with Crippen molar-refractivity contribution in [2.75, 3.05) is 44.3 Å². The van der Waals surface area contributed by atoms with Crippen molar-refractivity contribution in [2.45, 2.75) is 145 Å². The number of sulfone groups is 1. The molecule has 5 saturated carbocycles. The van der Waals surface area contributed by atoms with E-state index in [9.17, 15) is 33.0 Å². The Balaban J connectivity index is 0.969. The topological polar surface area (TPSA) is 160 Å². The molecular formula is C52H77ClN2O9S. The first-order chi connectivity index (χ1) is 30.3. The fraction of sp³-hybridized carbons (Fsp3) is 0.788. The summed E-state index contributed by atoms with van der Waals surface area (Å²) in [7, 11) is -2.96. The number of allylic oxidation sites excluding steroid dienone is 1. The van der Waals surface area contributed by atoms with E-state index in [0.717, 1.165) is 62.5 Å². The molecule has 3 N–H and O–H groups in total. The van der Waals surface area contributed by atoms with Gasteiger partial charge < -0.3 is 25.0 Å². The SMILES string of the molecule is CC(C)C1=C2[C@H]3CC[C@@H]4[C@@]5(C)CC[C@H](OC(=O)[C@H]6C[C@@H](C(=O)O)C6(C)C)C(C)(C)[C@@H]5CC[C@@]4(C)[C@]3(C)CC[C@@]2([C@@H](O)CNCc2ccc(Cl)cc2OCCN2CCS(=O)(=O)CC2)CC1=O. The van der Waals surface area contributed by atoms with Crippen molar-refractivity contribution in [1.29, 1.82) is 0 Å². The third-order valence-electron chi connectivity index (χ3n) is 20.0. The van der Waals surface area contributed by atoms with Crippen molar-refractivity contribution >= 4 is 39.2 Å². The minimum Gasteiger partial charge on any atom is -0.492 e. The zero-order valence-electron chi connectivity index (χ0n) is 40.6. The molecule has 11 nitrogen and oxygen atoms in total. The Kier molecular flexibility index (Phi) is 12.9. The highest BCUT2D eigenvalue weighted by molar-refractivity contribution is 7.91. The standard InChI is InChI=1S/C52H77ClN2O9S/c1-31(2)43-37(56)28-52(41(57)30-54-29-32-10-11-33(53)26-38(32)63-23-20-55-21-24-65(61,62)25-22-55)19-18-50(8)34(44(43)52)12-13-40-49(7)16-15-42(48(5,6)39(49)14-17-51(40,50)9)64-46(60)36-27-35(45(58)59)47(36,3)4/h10-11,26,31,34-36,39-42,54,57H,12-25,27-30H2,1-9H3,(H,58,59)/t34-,35+,36-,39+,40-,41+,42+,49+,50-,51-,52+/m1/s1. The van der Waals surface area contributed by atoms with E-state index in [1.165, 1.54) is 5.57 Å². The average Bonchev–Trinajstić information content (AvgIpc) is 3.53. The van der Waals surface area contributed by atoms with Gasteiger partial charge in [-0.05, 0) is 121 Å². The number of hydrogen-bond acceptors (Lipinski definition) is 10. The smallest absolute Gasteiger partial charge is 0.309 e. The van der Waals surface area contributed by atoms with Crippen molar-refractivity contribution in [3.63, 3.8) is 0 Å². The van der Waals surface area contributed by atoms with Gasteiger partial charge in [-0.1, -0.05) is 85.6 Å². The van der Waals surface area contributed by atoms with Gasteiger partial charge in [0.25, 0.3) is 0 Å². The summed E-state index contributed by atoms with van der Waals surface area (Å²) in [6, 6.07) is 5.59. The Labute approximate surface area is 393 Å². The number of fused-ring (bicyclic) bond motifs is 7. The summed E-state index contributed by atoms with van der Waals surface area (Å²) < 4.78 is 36.5. The second-order valence-electron chi connectivity index (χ2n) is 23.9. The Morgan fingerprint density at radius 2 is 1.62 bits per heavy atom. The molecule has 1 heterocycles. The summed E-state index contributed by atoms with van der Waals surface area (Å²) in [5.41, 5.74) is 1.60. The molecule has 65 heavy (non-hydrogen) atoms. The minimum absolute atomic E-state index is 0.00926. The maximum Gasteiger partial charge on any atom is 0.309 e. The normalized spacial score (nSPS) is 38.7. The Morgan fingerprint density at radius 3 is 2.28 bits per heavy atom. The first-order valence-corrected chi connectivity index (χ1v) is 27.0. The monoisotopic (exact) mass is 941 g/mol. The number of ether oxygens (including phenoxy) is 2. The first kappa shape index (κ1) is 48.9. The molecule has 0 bridgehead atoms. The van der Waals surface area contributed by atoms with Gasteiger partial charge in [0.2, 0.25) is 0 Å². The molecule has 1 aromatic carbocycles. The number of rotatable bonds is 13. The molecule has 13 heteroatoms. The lowest BCUT2D eigenvalue weighted by molar-refractivity contribution is -0.238. The minimum atomic E-state index is -2.96. The number of ketones is 1. The predicted molar refractivity (Wildman–Crippen MR) is 252 cm³/mol. The van der Waals surface area contributed by atoms with Crippen LogP contribution in [-0.2, 0) is 35.5 Å². The first-order valence-electron chi connectivity index (χ1n) is 24.8. The maximum absolute atomic E-state index is 14.3. The summed E-state index contributed by atoms with van der Waals surface area (Å²) in [6.45, 7) is 23.1. The lowest BCUT2D eigenvalue weighted by Gasteiger charge is -2.72. The van der Waals surface area contributed by atoms with Crippen LogP contribution < -0.4 is 10.1 Å². The summed E-state index contributed by atoms with van der Waals surface area (Å²) in [4.78, 5) is 41.9. The highest BCUT2D eigenvalue weighted by Gasteiger charge is 2.71. The Bertz CT molecular complexity index is 2190. The van der Waals surface area contributed by atoms with Crippen LogP contribution >= 0.6 is 11.6 Å². The number of nitrogens with one attached hydrogen (secondary N) is 1. The second kappa shape index (κ2) is 17.2. The molecular weight excluding hydrogens is 864 g/mol. The molecule has 0 spiro atoms. The zero-order chi connectivity index (χ0) is 47.3. The molecule has 0 radical (unpaired) electrons. The molecule has 0 amide bonds. The number of carboxylic acids is 1. The van der Waals surface area contributed by atoms with Crippen molar-refractivity contribution in [1.82, 2.24) is 10.2 Å². The molecule has 7 aliphatic rings. The Hall–Kier alpha value is -2.51. The van der Waals surface area contributed by atoms with E-state index in [0.29, 0.717) is 74.8 Å². The third-order valence-corrected chi connectivity index (χ3v) is 21.8. The molecule has 6 fully saturated rings. The van der Waals surface area contributed by atoms with E-state index in [-0.39, 0.29) is 62.9 Å². The van der Waals surface area contributed by atoms with Crippen LogP contribution in [0, 0.1) is 68.0 Å². The summed E-state index contributed by atoms with van der Waals surface area (Å²) in [5.74, 6) is 0.256. The molecule has 0 aromatic heterocycles.